The number of amides is 2. The summed E-state index contributed by atoms with van der Waals surface area (Å²) in [5, 5.41) is 13.7. The molecule has 3 aromatic rings. The molecule has 2 atom stereocenters. The Bertz CT molecular complexity index is 1160. The summed E-state index contributed by atoms with van der Waals surface area (Å²) in [6.45, 7) is 0.00152. The van der Waals surface area contributed by atoms with Crippen molar-refractivity contribution in [2.75, 3.05) is 4.90 Å². The molecule has 2 aliphatic rings. The average molecular weight is 427 g/mol. The Labute approximate surface area is 173 Å². The van der Waals surface area contributed by atoms with Gasteiger partial charge in [0.15, 0.2) is 12.1 Å². The van der Waals surface area contributed by atoms with Crippen LogP contribution < -0.4 is 4.90 Å². The van der Waals surface area contributed by atoms with Crippen LogP contribution in [0.2, 0.25) is 5.02 Å². The van der Waals surface area contributed by atoms with E-state index in [4.69, 9.17) is 16.1 Å². The lowest BCUT2D eigenvalue weighted by Gasteiger charge is -2.19. The number of carbonyl (C=O) groups excluding carboxylic acids is 2. The number of benzene rings is 2. The fourth-order valence-electron chi connectivity index (χ4n) is 3.37. The third-order valence-electron chi connectivity index (χ3n) is 4.81. The van der Waals surface area contributed by atoms with Crippen molar-refractivity contribution >= 4 is 29.1 Å². The second-order valence-electron chi connectivity index (χ2n) is 6.70. The van der Waals surface area contributed by atoms with E-state index in [1.165, 1.54) is 29.3 Å². The molecule has 2 aromatic carbocycles. The normalized spacial score (nSPS) is 20.3. The first-order valence-corrected chi connectivity index (χ1v) is 9.28. The van der Waals surface area contributed by atoms with E-state index in [1.54, 1.807) is 24.3 Å². The SMILES string of the molecule is O=C1[C@@H]2N=NN(Cc3nc(-c4ccc(Cl)cc4)no3)[C@H]2C(=O)N1c1ccc(F)cc1. The highest BCUT2D eigenvalue weighted by Gasteiger charge is 2.55. The number of carbonyl (C=O) groups is 2. The van der Waals surface area contributed by atoms with E-state index in [0.29, 0.717) is 16.4 Å². The summed E-state index contributed by atoms with van der Waals surface area (Å²) in [5.74, 6) is -0.919. The Hall–Kier alpha value is -3.66. The van der Waals surface area contributed by atoms with Crippen molar-refractivity contribution in [3.05, 3.63) is 65.3 Å². The molecule has 0 spiro atoms. The van der Waals surface area contributed by atoms with E-state index in [0.717, 1.165) is 4.90 Å². The fraction of sp³-hybridized carbons (Fsp3) is 0.158. The fourth-order valence-corrected chi connectivity index (χ4v) is 3.50. The van der Waals surface area contributed by atoms with Gasteiger partial charge in [-0.15, -0.1) is 0 Å². The van der Waals surface area contributed by atoms with Crippen molar-refractivity contribution in [1.82, 2.24) is 15.1 Å². The third-order valence-corrected chi connectivity index (χ3v) is 5.06. The number of hydrogen-bond acceptors (Lipinski definition) is 8. The Morgan fingerprint density at radius 3 is 2.50 bits per heavy atom. The minimum Gasteiger partial charge on any atom is -0.337 e. The smallest absolute Gasteiger partial charge is 0.263 e. The molecule has 2 amide bonds. The van der Waals surface area contributed by atoms with Gasteiger partial charge in [-0.3, -0.25) is 14.6 Å². The molecule has 0 radical (unpaired) electrons. The predicted octanol–water partition coefficient (Wildman–Crippen LogP) is 3.02. The topological polar surface area (TPSA) is 104 Å². The van der Waals surface area contributed by atoms with Crippen LogP contribution >= 0.6 is 11.6 Å². The molecule has 1 aromatic heterocycles. The molecular formula is C19H12ClFN6O3. The standard InChI is InChI=1S/C19H12ClFN6O3/c20-11-3-1-10(2-4-11)17-22-14(30-24-17)9-26-16-15(23-25-26)18(28)27(19(16)29)13-7-5-12(21)6-8-13/h1-8,15-16H,9H2/t15-,16-/m1/s1. The number of aromatic nitrogens is 2. The number of fused-ring (bicyclic) bond motifs is 1. The zero-order valence-electron chi connectivity index (χ0n) is 15.1. The number of hydrogen-bond donors (Lipinski definition) is 0. The van der Waals surface area contributed by atoms with Gasteiger partial charge in [0.1, 0.15) is 12.4 Å². The highest BCUT2D eigenvalue weighted by molar-refractivity contribution is 6.30. The van der Waals surface area contributed by atoms with E-state index < -0.39 is 29.7 Å². The Kier molecular flexibility index (Phi) is 4.28. The van der Waals surface area contributed by atoms with Crippen LogP contribution in [0.5, 0.6) is 0 Å². The summed E-state index contributed by atoms with van der Waals surface area (Å²) < 4.78 is 18.4. The minimum atomic E-state index is -0.971. The van der Waals surface area contributed by atoms with Crippen molar-refractivity contribution in [3.8, 4) is 11.4 Å². The van der Waals surface area contributed by atoms with E-state index in [9.17, 15) is 14.0 Å². The lowest BCUT2D eigenvalue weighted by atomic mass is 10.1. The van der Waals surface area contributed by atoms with Gasteiger partial charge < -0.3 is 4.52 Å². The van der Waals surface area contributed by atoms with Crippen LogP contribution in [0.15, 0.2) is 63.4 Å². The largest absolute Gasteiger partial charge is 0.337 e. The first kappa shape index (κ1) is 18.4. The maximum absolute atomic E-state index is 13.2. The van der Waals surface area contributed by atoms with Crippen molar-refractivity contribution in [2.45, 2.75) is 18.6 Å². The molecule has 1 fully saturated rings. The van der Waals surface area contributed by atoms with Crippen molar-refractivity contribution < 1.29 is 18.5 Å². The molecule has 2 aliphatic heterocycles. The first-order chi connectivity index (χ1) is 14.5. The summed E-state index contributed by atoms with van der Waals surface area (Å²) in [5.41, 5.74) is 0.990. The van der Waals surface area contributed by atoms with Gasteiger partial charge >= 0.3 is 0 Å². The Balaban J connectivity index is 1.36. The molecule has 0 N–H and O–H groups in total. The lowest BCUT2D eigenvalue weighted by Crippen LogP contribution is -2.39. The number of rotatable bonds is 4. The molecule has 30 heavy (non-hydrogen) atoms. The molecule has 9 nitrogen and oxygen atoms in total. The second-order valence-corrected chi connectivity index (χ2v) is 7.14. The van der Waals surface area contributed by atoms with E-state index >= 15 is 0 Å². The van der Waals surface area contributed by atoms with E-state index in [1.807, 2.05) is 0 Å². The molecule has 0 aliphatic carbocycles. The predicted molar refractivity (Wildman–Crippen MR) is 102 cm³/mol. The van der Waals surface area contributed by atoms with Gasteiger partial charge in [-0.2, -0.15) is 10.1 Å². The highest BCUT2D eigenvalue weighted by atomic mass is 35.5. The molecule has 3 heterocycles. The molecule has 11 heteroatoms. The summed E-state index contributed by atoms with van der Waals surface area (Å²) in [4.78, 5) is 30.9. The van der Waals surface area contributed by atoms with Gasteiger partial charge in [-0.05, 0) is 48.5 Å². The number of imide groups is 1. The third kappa shape index (κ3) is 3.01. The molecule has 0 unspecified atom stereocenters. The minimum absolute atomic E-state index is 0.00152. The van der Waals surface area contributed by atoms with Gasteiger partial charge in [-0.1, -0.05) is 22.0 Å². The Morgan fingerprint density at radius 2 is 1.77 bits per heavy atom. The van der Waals surface area contributed by atoms with Gasteiger partial charge in [0, 0.05) is 10.6 Å². The molecule has 5 rings (SSSR count). The van der Waals surface area contributed by atoms with Crippen molar-refractivity contribution in [3.63, 3.8) is 0 Å². The monoisotopic (exact) mass is 426 g/mol. The van der Waals surface area contributed by atoms with Crippen molar-refractivity contribution in [1.29, 1.82) is 0 Å². The highest BCUT2D eigenvalue weighted by Crippen LogP contribution is 2.32. The summed E-state index contributed by atoms with van der Waals surface area (Å²) in [6.07, 6.45) is 0. The number of halogens is 2. The molecule has 0 saturated carbocycles. The maximum Gasteiger partial charge on any atom is 0.263 e. The molecule has 150 valence electrons. The van der Waals surface area contributed by atoms with E-state index in [2.05, 4.69) is 20.5 Å². The molecule has 1 saturated heterocycles. The van der Waals surface area contributed by atoms with Gasteiger partial charge in [-0.25, -0.2) is 9.29 Å². The summed E-state index contributed by atoms with van der Waals surface area (Å²) in [7, 11) is 0. The van der Waals surface area contributed by atoms with Gasteiger partial charge in [0.25, 0.3) is 11.8 Å². The van der Waals surface area contributed by atoms with Gasteiger partial charge in [0.2, 0.25) is 11.7 Å². The van der Waals surface area contributed by atoms with Gasteiger partial charge in [0.05, 0.1) is 5.69 Å². The van der Waals surface area contributed by atoms with Crippen LogP contribution in [0.25, 0.3) is 11.4 Å². The number of anilines is 1. The van der Waals surface area contributed by atoms with Crippen LogP contribution in [-0.2, 0) is 16.1 Å². The van der Waals surface area contributed by atoms with Crippen molar-refractivity contribution in [2.24, 2.45) is 10.3 Å². The molecular weight excluding hydrogens is 415 g/mol. The average Bonchev–Trinajstić information content (AvgIpc) is 3.43. The van der Waals surface area contributed by atoms with Crippen LogP contribution in [0.1, 0.15) is 5.89 Å². The van der Waals surface area contributed by atoms with Crippen LogP contribution in [0, 0.1) is 5.82 Å². The molecule has 0 bridgehead atoms. The quantitative estimate of drug-likeness (QED) is 0.594. The maximum atomic E-state index is 13.2. The first-order valence-electron chi connectivity index (χ1n) is 8.90. The van der Waals surface area contributed by atoms with Crippen LogP contribution in [0.4, 0.5) is 10.1 Å². The zero-order chi connectivity index (χ0) is 20.8. The van der Waals surface area contributed by atoms with Crippen LogP contribution in [0.3, 0.4) is 0 Å². The van der Waals surface area contributed by atoms with E-state index in [-0.39, 0.29) is 18.1 Å². The summed E-state index contributed by atoms with van der Waals surface area (Å²) >= 11 is 5.88. The second kappa shape index (κ2) is 6.99. The Morgan fingerprint density at radius 1 is 1.03 bits per heavy atom. The number of nitrogens with zero attached hydrogens (tertiary/aromatic N) is 6. The summed E-state index contributed by atoms with van der Waals surface area (Å²) in [6, 6.07) is 10.1. The zero-order valence-corrected chi connectivity index (χ0v) is 15.9. The van der Waals surface area contributed by atoms with Crippen LogP contribution in [-0.4, -0.2) is 39.0 Å². The lowest BCUT2D eigenvalue weighted by molar-refractivity contribution is -0.123.